The van der Waals surface area contributed by atoms with E-state index in [2.05, 4.69) is 83.7 Å². The number of hydrogen-bond donors (Lipinski definition) is 19. The summed E-state index contributed by atoms with van der Waals surface area (Å²) < 4.78 is 0. The number of carboxylic acid groups (broad SMARTS) is 2. The van der Waals surface area contributed by atoms with Crippen molar-refractivity contribution in [3.05, 3.63) is 95.6 Å². The van der Waals surface area contributed by atoms with E-state index in [-0.39, 0.29) is 98.7 Å². The van der Waals surface area contributed by atoms with Gasteiger partial charge in [0, 0.05) is 43.7 Å². The third kappa shape index (κ3) is 29.8. The number of phenolic OH excluding ortho intramolecular Hbond substituents is 2. The van der Waals surface area contributed by atoms with Crippen LogP contribution in [0.25, 0.3) is 0 Å². The lowest BCUT2D eigenvalue weighted by Gasteiger charge is -2.31. The first kappa shape index (κ1) is 88.9. The molecule has 1 heterocycles. The Balaban J connectivity index is 1.55. The minimum absolute atomic E-state index is 0.00565. The van der Waals surface area contributed by atoms with Crippen molar-refractivity contribution in [1.29, 1.82) is 0 Å². The number of aromatic hydroxyl groups is 2. The Bertz CT molecular complexity index is 3500. The van der Waals surface area contributed by atoms with Crippen molar-refractivity contribution in [3.63, 3.8) is 0 Å². The van der Waals surface area contributed by atoms with Crippen molar-refractivity contribution >= 4 is 108 Å². The van der Waals surface area contributed by atoms with Crippen molar-refractivity contribution in [2.75, 3.05) is 24.6 Å². The molecule has 1 saturated heterocycles. The fourth-order valence-electron chi connectivity index (χ4n) is 11.5. The number of carbonyl (C=O) groups is 14. The molecule has 106 heavy (non-hydrogen) atoms. The van der Waals surface area contributed by atoms with Crippen LogP contribution in [-0.4, -0.2) is 216 Å². The minimum atomic E-state index is -1.78. The van der Waals surface area contributed by atoms with Gasteiger partial charge < -0.3 is 94.7 Å². The number of nitrogens with zero attached hydrogens (tertiary/aromatic N) is 1. The van der Waals surface area contributed by atoms with Crippen molar-refractivity contribution in [2.24, 2.45) is 29.4 Å². The summed E-state index contributed by atoms with van der Waals surface area (Å²) in [5.41, 5.74) is 7.27. The van der Waals surface area contributed by atoms with Crippen molar-refractivity contribution < 1.29 is 92.7 Å². The number of carbonyl (C=O) groups excluding carboxylic acids is 12. The average Bonchev–Trinajstić information content (AvgIpc) is 1.55. The molecule has 1 aliphatic heterocycles. The first-order valence-electron chi connectivity index (χ1n) is 35.2. The first-order chi connectivity index (χ1) is 49.9. The Hall–Kier alpha value is -9.54. The van der Waals surface area contributed by atoms with Gasteiger partial charge in [-0.25, -0.2) is 4.79 Å². The smallest absolute Gasteiger partial charge is 0.327 e. The molecule has 18 N–H and O–H groups in total. The van der Waals surface area contributed by atoms with E-state index in [0.717, 1.165) is 0 Å². The van der Waals surface area contributed by atoms with Crippen LogP contribution in [0.15, 0.2) is 78.9 Å². The fourth-order valence-corrected chi connectivity index (χ4v) is 11.9. The summed E-state index contributed by atoms with van der Waals surface area (Å²) in [6.45, 7) is 14.2. The molecule has 0 saturated carbocycles. The fraction of sp³-hybridized carbons (Fsp3) is 0.556. The molecule has 34 heteroatoms. The van der Waals surface area contributed by atoms with Crippen molar-refractivity contribution in [1.82, 2.24) is 63.4 Å². The summed E-state index contributed by atoms with van der Waals surface area (Å²) in [6.07, 6.45) is -2.70. The average molecular weight is 1520 g/mol. The van der Waals surface area contributed by atoms with E-state index >= 15 is 0 Å². The molecule has 0 radical (unpaired) electrons. The quantitative estimate of drug-likeness (QED) is 0.0314. The molecule has 32 nitrogen and oxygen atoms in total. The van der Waals surface area contributed by atoms with Gasteiger partial charge >= 0.3 is 11.9 Å². The van der Waals surface area contributed by atoms with E-state index in [9.17, 15) is 92.7 Å². The van der Waals surface area contributed by atoms with E-state index in [4.69, 9.17) is 5.73 Å². The van der Waals surface area contributed by atoms with E-state index in [1.165, 1.54) is 60.4 Å². The number of nitrogens with one attached hydrogen (secondary N) is 11. The summed E-state index contributed by atoms with van der Waals surface area (Å²) >= 11 is 8.03. The number of likely N-dealkylation sites (tertiary alicyclic amines) is 1. The van der Waals surface area contributed by atoms with Gasteiger partial charge in [0.2, 0.25) is 70.9 Å². The second kappa shape index (κ2) is 43.8. The first-order valence-corrected chi connectivity index (χ1v) is 36.5. The number of aliphatic carboxylic acids is 2. The number of hydrogen-bond acceptors (Lipinski definition) is 20. The van der Waals surface area contributed by atoms with Crippen LogP contribution in [0.1, 0.15) is 124 Å². The lowest BCUT2D eigenvalue weighted by molar-refractivity contribution is -0.142. The number of aliphatic hydroxyl groups is 1. The van der Waals surface area contributed by atoms with Gasteiger partial charge in [-0.05, 0) is 110 Å². The van der Waals surface area contributed by atoms with E-state index in [1.807, 2.05) is 0 Å². The Morgan fingerprint density at radius 2 is 0.887 bits per heavy atom. The molecular weight excluding hydrogens is 1410 g/mol. The van der Waals surface area contributed by atoms with Crippen molar-refractivity contribution in [2.45, 2.75) is 205 Å². The predicted molar refractivity (Wildman–Crippen MR) is 396 cm³/mol. The van der Waals surface area contributed by atoms with Crippen LogP contribution in [0.3, 0.4) is 0 Å². The van der Waals surface area contributed by atoms with Gasteiger partial charge in [0.1, 0.15) is 78.0 Å². The Labute approximate surface area is 627 Å². The maximum Gasteiger partial charge on any atom is 0.327 e. The van der Waals surface area contributed by atoms with Gasteiger partial charge in [-0.15, -0.1) is 0 Å². The number of carboxylic acids is 2. The third-order valence-electron chi connectivity index (χ3n) is 17.1. The normalized spacial score (nSPS) is 16.2. The largest absolute Gasteiger partial charge is 0.508 e. The number of rotatable bonds is 43. The van der Waals surface area contributed by atoms with Crippen molar-refractivity contribution in [3.8, 4) is 11.5 Å². The Morgan fingerprint density at radius 3 is 1.33 bits per heavy atom. The topological polar surface area (TPSA) is 502 Å². The molecule has 3 aromatic carbocycles. The number of thiol groups is 2. The predicted octanol–water partition coefficient (Wildman–Crippen LogP) is -0.608. The Morgan fingerprint density at radius 1 is 0.472 bits per heavy atom. The van der Waals surface area contributed by atoms with Gasteiger partial charge in [-0.2, -0.15) is 25.3 Å². The summed E-state index contributed by atoms with van der Waals surface area (Å²) in [5, 5.41) is 78.4. The summed E-state index contributed by atoms with van der Waals surface area (Å²) in [6, 6.07) is 3.14. The highest BCUT2D eigenvalue weighted by Crippen LogP contribution is 2.23. The molecule has 3 aromatic rings. The summed E-state index contributed by atoms with van der Waals surface area (Å²) in [4.78, 5) is 194. The monoisotopic (exact) mass is 1520 g/mol. The molecular formula is C72H105N13O19S2. The zero-order valence-electron chi connectivity index (χ0n) is 61.1. The van der Waals surface area contributed by atoms with Gasteiger partial charge in [0.15, 0.2) is 0 Å². The molecule has 13 atom stereocenters. The molecule has 0 aliphatic carbocycles. The molecule has 1 fully saturated rings. The lowest BCUT2D eigenvalue weighted by atomic mass is 9.99. The molecule has 584 valence electrons. The molecule has 12 amide bonds. The number of phenols is 2. The van der Waals surface area contributed by atoms with Gasteiger partial charge in [0.05, 0.1) is 18.7 Å². The van der Waals surface area contributed by atoms with Gasteiger partial charge in [-0.1, -0.05) is 110 Å². The molecule has 1 aliphatic rings. The SMILES string of the molecule is CC(C)C[C@H](NC(=O)[C@H](Cc1ccccc1)NC(=O)[C@@H](NC(=O)[C@H](CC(C)C)NC(=O)[C@H](CC(C)C)NC(=O)[C@H](CCC(=O)O)NC(=O)[C@@H](N)CS)[C@@H](C)O)C(=O)NCC(=O)N[C@@H](Cc1ccc(O)cc1)C(=O)N1CCC[C@H]1C(=O)N[C@H](C(=O)N[C@@H](Cc1ccc(O)cc1)C(=O)N[C@@H](CS)C(=O)O)C(C)C. The van der Waals surface area contributed by atoms with Crippen LogP contribution in [0.2, 0.25) is 0 Å². The lowest BCUT2D eigenvalue weighted by Crippen LogP contribution is -2.62. The molecule has 4 rings (SSSR count). The maximum atomic E-state index is 14.8. The van der Waals surface area contributed by atoms with E-state index < -0.39 is 180 Å². The zero-order valence-corrected chi connectivity index (χ0v) is 62.9. The highest BCUT2D eigenvalue weighted by molar-refractivity contribution is 7.80. The standard InChI is InChI=1S/C72H105N13O19S2/c1-37(2)28-49(77-65(96)52(31-42-14-11-10-12-15-42)81-70(101)60(41(9)86)84-67(98)51(30-39(5)6)79-64(95)50(29-38(3)4)78-63(94)48(25-26-58(90)91)76-61(92)47(73)35-105)62(93)74-34-57(89)75-54(33-44-19-23-46(88)24-20-44)71(102)85-27-13-16-56(85)68(99)83-59(40(7)8)69(100)80-53(32-43-17-21-45(87)22-18-43)66(97)82-55(36-106)72(103)104/h10-12,14-15,17-24,37-41,47-56,59-60,86-88,105-106H,13,16,25-36,73H2,1-9H3,(H,74,93)(H,75,89)(H,76,92)(H,77,96)(H,78,94)(H,79,95)(H,80,100)(H,81,101)(H,82,97)(H,83,99)(H,84,98)(H,90,91)(H,103,104)/t41-,47+,48+,49+,50+,51+,52+,53+,54+,55+,56+,59+,60+/m1/s1. The zero-order chi connectivity index (χ0) is 79.2. The van der Waals surface area contributed by atoms with E-state index in [0.29, 0.717) is 23.1 Å². The minimum Gasteiger partial charge on any atom is -0.508 e. The van der Waals surface area contributed by atoms with Crippen LogP contribution in [0, 0.1) is 23.7 Å². The maximum absolute atomic E-state index is 14.8. The second-order valence-electron chi connectivity index (χ2n) is 28.0. The number of nitrogens with two attached hydrogens (primary N) is 1. The van der Waals surface area contributed by atoms with Crippen LogP contribution >= 0.6 is 25.3 Å². The van der Waals surface area contributed by atoms with Crippen LogP contribution in [0.4, 0.5) is 0 Å². The molecule has 0 spiro atoms. The van der Waals surface area contributed by atoms with Crippen LogP contribution in [0.5, 0.6) is 11.5 Å². The van der Waals surface area contributed by atoms with Crippen LogP contribution in [-0.2, 0) is 86.4 Å². The highest BCUT2D eigenvalue weighted by atomic mass is 32.1. The number of amides is 12. The number of aliphatic hydroxyl groups excluding tert-OH is 1. The second-order valence-corrected chi connectivity index (χ2v) is 28.7. The molecule has 0 bridgehead atoms. The van der Waals surface area contributed by atoms with E-state index in [1.54, 1.807) is 85.7 Å². The van der Waals surface area contributed by atoms with Gasteiger partial charge in [0.25, 0.3) is 0 Å². The third-order valence-corrected chi connectivity index (χ3v) is 17.9. The molecule has 0 unspecified atom stereocenters. The molecule has 0 aromatic heterocycles. The Kier molecular flexibility index (Phi) is 36.7. The van der Waals surface area contributed by atoms with Gasteiger partial charge in [-0.3, -0.25) is 62.3 Å². The highest BCUT2D eigenvalue weighted by Gasteiger charge is 2.42. The number of benzene rings is 3. The summed E-state index contributed by atoms with van der Waals surface area (Å²) in [7, 11) is 0. The summed E-state index contributed by atoms with van der Waals surface area (Å²) in [5.74, 6) is -15.0. The van der Waals surface area contributed by atoms with Crippen LogP contribution < -0.4 is 64.2 Å².